The van der Waals surface area contributed by atoms with E-state index in [4.69, 9.17) is 15.2 Å². The summed E-state index contributed by atoms with van der Waals surface area (Å²) in [5.74, 6) is 0.526. The fourth-order valence-electron chi connectivity index (χ4n) is 1.85. The molecule has 1 fully saturated rings. The van der Waals surface area contributed by atoms with Crippen LogP contribution < -0.4 is 5.73 Å². The topological polar surface area (TPSA) is 57.4 Å². The van der Waals surface area contributed by atoms with Crippen LogP contribution in [0.5, 0.6) is 0 Å². The van der Waals surface area contributed by atoms with E-state index in [1.165, 1.54) is 0 Å². The lowest BCUT2D eigenvalue weighted by atomic mass is 10.1. The molecular weight excluding hydrogens is 204 g/mol. The zero-order valence-corrected chi connectivity index (χ0v) is 8.72. The van der Waals surface area contributed by atoms with Crippen molar-refractivity contribution in [3.8, 4) is 0 Å². The molecule has 16 heavy (non-hydrogen) atoms. The predicted octanol–water partition coefficient (Wildman–Crippen LogP) is 1.86. The maximum Gasteiger partial charge on any atom is 0.184 e. The molecule has 0 saturated carbocycles. The first-order valence-electron chi connectivity index (χ1n) is 5.22. The standard InChI is InChI=1S/C12H12N2O2/c13-11-4-3-8-1-2-9(7-10(8)14-11)12-15-5-6-16-12/h1-4,7,12H,5-6H2,(H2,13,14). The van der Waals surface area contributed by atoms with Crippen LogP contribution in [0.4, 0.5) is 5.82 Å². The molecule has 2 N–H and O–H groups in total. The van der Waals surface area contributed by atoms with Crippen molar-refractivity contribution in [2.75, 3.05) is 18.9 Å². The van der Waals surface area contributed by atoms with E-state index in [1.54, 1.807) is 6.07 Å². The number of ether oxygens (including phenoxy) is 2. The summed E-state index contributed by atoms with van der Waals surface area (Å²) in [5.41, 5.74) is 7.51. The SMILES string of the molecule is Nc1ccc2ccc(C3OCCO3)cc2n1. The normalized spacial score (nSPS) is 17.0. The van der Waals surface area contributed by atoms with Crippen LogP contribution in [-0.2, 0) is 9.47 Å². The van der Waals surface area contributed by atoms with Crippen LogP contribution in [0.25, 0.3) is 10.9 Å². The van der Waals surface area contributed by atoms with E-state index in [2.05, 4.69) is 4.98 Å². The smallest absolute Gasteiger partial charge is 0.184 e. The van der Waals surface area contributed by atoms with Gasteiger partial charge in [0.15, 0.2) is 6.29 Å². The van der Waals surface area contributed by atoms with Gasteiger partial charge in [0, 0.05) is 10.9 Å². The Hall–Kier alpha value is -1.65. The summed E-state index contributed by atoms with van der Waals surface area (Å²) in [4.78, 5) is 4.27. The fraction of sp³-hybridized carbons (Fsp3) is 0.250. The zero-order valence-electron chi connectivity index (χ0n) is 8.72. The molecule has 1 aliphatic rings. The van der Waals surface area contributed by atoms with Crippen molar-refractivity contribution in [1.82, 2.24) is 4.98 Å². The highest BCUT2D eigenvalue weighted by atomic mass is 16.7. The van der Waals surface area contributed by atoms with Crippen molar-refractivity contribution in [2.45, 2.75) is 6.29 Å². The number of benzene rings is 1. The second-order valence-electron chi connectivity index (χ2n) is 3.76. The van der Waals surface area contributed by atoms with E-state index >= 15 is 0 Å². The van der Waals surface area contributed by atoms with Crippen LogP contribution in [0.1, 0.15) is 11.9 Å². The molecule has 1 aromatic carbocycles. The summed E-state index contributed by atoms with van der Waals surface area (Å²) in [7, 11) is 0. The highest BCUT2D eigenvalue weighted by molar-refractivity contribution is 5.80. The number of nitrogen functional groups attached to an aromatic ring is 1. The molecule has 4 heteroatoms. The van der Waals surface area contributed by atoms with Gasteiger partial charge in [-0.3, -0.25) is 0 Å². The van der Waals surface area contributed by atoms with Gasteiger partial charge in [0.2, 0.25) is 0 Å². The van der Waals surface area contributed by atoms with Gasteiger partial charge in [0.05, 0.1) is 18.7 Å². The number of pyridine rings is 1. The monoisotopic (exact) mass is 216 g/mol. The average molecular weight is 216 g/mol. The molecule has 0 unspecified atom stereocenters. The Balaban J connectivity index is 2.07. The molecule has 1 aromatic heterocycles. The molecule has 1 aliphatic heterocycles. The molecular formula is C12H12N2O2. The van der Waals surface area contributed by atoms with Gasteiger partial charge in [-0.1, -0.05) is 12.1 Å². The van der Waals surface area contributed by atoms with Crippen LogP contribution in [0.2, 0.25) is 0 Å². The third kappa shape index (κ3) is 1.62. The quantitative estimate of drug-likeness (QED) is 0.790. The molecule has 1 saturated heterocycles. The highest BCUT2D eigenvalue weighted by Crippen LogP contribution is 2.26. The number of rotatable bonds is 1. The van der Waals surface area contributed by atoms with Gasteiger partial charge in [0.25, 0.3) is 0 Å². The summed E-state index contributed by atoms with van der Waals surface area (Å²) in [6, 6.07) is 9.71. The number of hydrogen-bond donors (Lipinski definition) is 1. The molecule has 2 heterocycles. The van der Waals surface area contributed by atoms with E-state index in [1.807, 2.05) is 24.3 Å². The minimum Gasteiger partial charge on any atom is -0.384 e. The first-order chi connectivity index (χ1) is 7.83. The number of anilines is 1. The number of aromatic nitrogens is 1. The van der Waals surface area contributed by atoms with E-state index in [9.17, 15) is 0 Å². The maximum atomic E-state index is 5.65. The number of nitrogens with zero attached hydrogens (tertiary/aromatic N) is 1. The van der Waals surface area contributed by atoms with Gasteiger partial charge < -0.3 is 15.2 Å². The van der Waals surface area contributed by atoms with Gasteiger partial charge in [-0.25, -0.2) is 4.98 Å². The lowest BCUT2D eigenvalue weighted by Crippen LogP contribution is -1.98. The van der Waals surface area contributed by atoms with Crippen molar-refractivity contribution in [2.24, 2.45) is 0 Å². The lowest BCUT2D eigenvalue weighted by molar-refractivity contribution is -0.0440. The molecule has 82 valence electrons. The van der Waals surface area contributed by atoms with E-state index in [0.29, 0.717) is 19.0 Å². The lowest BCUT2D eigenvalue weighted by Gasteiger charge is -2.09. The third-order valence-corrected chi connectivity index (χ3v) is 2.63. The van der Waals surface area contributed by atoms with Crippen LogP contribution >= 0.6 is 0 Å². The van der Waals surface area contributed by atoms with Crippen molar-refractivity contribution in [3.63, 3.8) is 0 Å². The minimum absolute atomic E-state index is 0.257. The number of fused-ring (bicyclic) bond motifs is 1. The van der Waals surface area contributed by atoms with Crippen LogP contribution in [-0.4, -0.2) is 18.2 Å². The third-order valence-electron chi connectivity index (χ3n) is 2.63. The van der Waals surface area contributed by atoms with Crippen LogP contribution in [0, 0.1) is 0 Å². The van der Waals surface area contributed by atoms with Crippen molar-refractivity contribution < 1.29 is 9.47 Å². The summed E-state index contributed by atoms with van der Waals surface area (Å²) in [6.45, 7) is 1.29. The largest absolute Gasteiger partial charge is 0.384 e. The fourth-order valence-corrected chi connectivity index (χ4v) is 1.85. The summed E-state index contributed by atoms with van der Waals surface area (Å²) < 4.78 is 10.9. The molecule has 0 spiro atoms. The molecule has 0 bridgehead atoms. The first-order valence-corrected chi connectivity index (χ1v) is 5.22. The summed E-state index contributed by atoms with van der Waals surface area (Å²) in [6.07, 6.45) is -0.257. The Morgan fingerprint density at radius 2 is 1.88 bits per heavy atom. The molecule has 3 rings (SSSR count). The Labute approximate surface area is 93.0 Å². The van der Waals surface area contributed by atoms with Crippen LogP contribution in [0.15, 0.2) is 30.3 Å². The molecule has 0 aliphatic carbocycles. The Morgan fingerprint density at radius 1 is 1.12 bits per heavy atom. The van der Waals surface area contributed by atoms with E-state index < -0.39 is 0 Å². The van der Waals surface area contributed by atoms with Gasteiger partial charge in [-0.15, -0.1) is 0 Å². The minimum atomic E-state index is -0.257. The van der Waals surface area contributed by atoms with E-state index in [-0.39, 0.29) is 6.29 Å². The first kappa shape index (κ1) is 9.57. The van der Waals surface area contributed by atoms with Crippen LogP contribution in [0.3, 0.4) is 0 Å². The second-order valence-corrected chi connectivity index (χ2v) is 3.76. The molecule has 0 amide bonds. The Kier molecular flexibility index (Phi) is 2.23. The molecule has 4 nitrogen and oxygen atoms in total. The molecule has 0 atom stereocenters. The summed E-state index contributed by atoms with van der Waals surface area (Å²) in [5, 5.41) is 1.07. The predicted molar refractivity (Wildman–Crippen MR) is 60.8 cm³/mol. The van der Waals surface area contributed by atoms with Gasteiger partial charge in [-0.2, -0.15) is 0 Å². The highest BCUT2D eigenvalue weighted by Gasteiger charge is 2.18. The Bertz CT molecular complexity index is 521. The van der Waals surface area contributed by atoms with Crippen molar-refractivity contribution in [1.29, 1.82) is 0 Å². The number of nitrogens with two attached hydrogens (primary N) is 1. The second kappa shape index (κ2) is 3.73. The van der Waals surface area contributed by atoms with Crippen molar-refractivity contribution in [3.05, 3.63) is 35.9 Å². The van der Waals surface area contributed by atoms with Gasteiger partial charge >= 0.3 is 0 Å². The van der Waals surface area contributed by atoms with Crippen molar-refractivity contribution >= 4 is 16.7 Å². The molecule has 2 aromatic rings. The number of hydrogen-bond acceptors (Lipinski definition) is 4. The zero-order chi connectivity index (χ0) is 11.0. The Morgan fingerprint density at radius 3 is 2.69 bits per heavy atom. The van der Waals surface area contributed by atoms with Gasteiger partial charge in [-0.05, 0) is 18.2 Å². The maximum absolute atomic E-state index is 5.65. The van der Waals surface area contributed by atoms with Gasteiger partial charge in [0.1, 0.15) is 5.82 Å². The molecule has 0 radical (unpaired) electrons. The van der Waals surface area contributed by atoms with E-state index in [0.717, 1.165) is 16.5 Å². The average Bonchev–Trinajstić information content (AvgIpc) is 2.81. The summed E-state index contributed by atoms with van der Waals surface area (Å²) >= 11 is 0.